The van der Waals surface area contributed by atoms with Crippen LogP contribution in [-0.4, -0.2) is 108 Å². The second-order valence-electron chi connectivity index (χ2n) is 16.2. The number of carbonyl (C=O) groups excluding carboxylic acids is 1. The molecular weight excluding hydrogens is 873 g/mol. The van der Waals surface area contributed by atoms with Gasteiger partial charge in [0.05, 0.1) is 58.5 Å². The molecule has 0 spiro atoms. The predicted octanol–water partition coefficient (Wildman–Crippen LogP) is 6.09. The largest absolute Gasteiger partial charge is 0.478 e. The van der Waals surface area contributed by atoms with Crippen LogP contribution in [0.5, 0.6) is 0 Å². The molecule has 6 heterocycles. The van der Waals surface area contributed by atoms with Gasteiger partial charge in [0.25, 0.3) is 5.91 Å². The number of piperidine rings is 2. The van der Waals surface area contributed by atoms with Gasteiger partial charge in [-0.2, -0.15) is 19.2 Å². The molecule has 21 heteroatoms. The van der Waals surface area contributed by atoms with Crippen LogP contribution in [0.15, 0.2) is 60.7 Å². The van der Waals surface area contributed by atoms with E-state index < -0.39 is 26.0 Å². The highest BCUT2D eigenvalue weighted by Crippen LogP contribution is 2.34. The molecule has 2 aliphatic heterocycles. The quantitative estimate of drug-likeness (QED) is 0.0911. The molecule has 0 saturated carbocycles. The molecule has 1 amide bonds. The summed E-state index contributed by atoms with van der Waals surface area (Å²) in [5, 5.41) is 28.2. The molecule has 2 atom stereocenters. The van der Waals surface area contributed by atoms with E-state index in [1.807, 2.05) is 45.4 Å². The van der Waals surface area contributed by atoms with E-state index >= 15 is 0 Å². The summed E-state index contributed by atoms with van der Waals surface area (Å²) >= 11 is 0. The van der Waals surface area contributed by atoms with Crippen LogP contribution < -0.4 is 25.4 Å². The van der Waals surface area contributed by atoms with Crippen LogP contribution in [0.25, 0.3) is 11.3 Å². The molecular formula is C44H58N12O7S2. The van der Waals surface area contributed by atoms with Crippen LogP contribution in [0.1, 0.15) is 105 Å². The number of aromatic nitrogens is 6. The average molecular weight is 931 g/mol. The minimum Gasteiger partial charge on any atom is -0.478 e. The zero-order valence-electron chi connectivity index (χ0n) is 37.9. The first-order chi connectivity index (χ1) is 30.8. The van der Waals surface area contributed by atoms with Crippen LogP contribution in [0, 0.1) is 27.7 Å². The Morgan fingerprint density at radius 2 is 1.18 bits per heavy atom. The molecule has 2 saturated heterocycles. The van der Waals surface area contributed by atoms with Gasteiger partial charge in [-0.3, -0.25) is 14.2 Å². The number of sulfonamides is 2. The highest BCUT2D eigenvalue weighted by atomic mass is 32.2. The van der Waals surface area contributed by atoms with Crippen molar-refractivity contribution in [2.24, 2.45) is 0 Å². The van der Waals surface area contributed by atoms with Crippen molar-refractivity contribution in [2.45, 2.75) is 78.3 Å². The smallest absolute Gasteiger partial charge is 0.337 e. The number of carbonyl (C=O) groups is 2. The van der Waals surface area contributed by atoms with Gasteiger partial charge in [0.2, 0.25) is 20.0 Å². The molecule has 4 aromatic heterocycles. The van der Waals surface area contributed by atoms with Crippen molar-refractivity contribution in [3.63, 3.8) is 0 Å². The Labute approximate surface area is 379 Å². The van der Waals surface area contributed by atoms with Crippen molar-refractivity contribution in [1.82, 2.24) is 39.4 Å². The fraction of sp³-hybridized carbons (Fsp3) is 0.409. The van der Waals surface area contributed by atoms with Crippen molar-refractivity contribution in [3.8, 4) is 0 Å². The van der Waals surface area contributed by atoms with E-state index in [9.17, 15) is 26.4 Å². The van der Waals surface area contributed by atoms with E-state index in [0.717, 1.165) is 102 Å². The predicted molar refractivity (Wildman–Crippen MR) is 253 cm³/mol. The van der Waals surface area contributed by atoms with Gasteiger partial charge in [0.1, 0.15) is 11.6 Å². The van der Waals surface area contributed by atoms with Gasteiger partial charge in [-0.05, 0) is 90.6 Å². The fourth-order valence-electron chi connectivity index (χ4n) is 8.02. The van der Waals surface area contributed by atoms with Gasteiger partial charge in [0.15, 0.2) is 11.3 Å². The lowest BCUT2D eigenvalue weighted by Crippen LogP contribution is -2.39. The molecule has 0 aliphatic carbocycles. The normalized spacial score (nSPS) is 16.5. The molecule has 0 unspecified atom stereocenters. The van der Waals surface area contributed by atoms with Gasteiger partial charge in [-0.25, -0.2) is 31.6 Å². The summed E-state index contributed by atoms with van der Waals surface area (Å²) < 4.78 is 53.6. The number of nitrogens with zero attached hydrogens (tertiary/aromatic N) is 7. The lowest BCUT2D eigenvalue weighted by Gasteiger charge is -2.35. The number of likely N-dealkylation sites (tertiary alicyclic amines) is 1. The molecule has 65 heavy (non-hydrogen) atoms. The number of hydrogen-bond donors (Lipinski definition) is 6. The van der Waals surface area contributed by atoms with Crippen LogP contribution in [0.3, 0.4) is 0 Å². The first kappa shape index (κ1) is 48.1. The Morgan fingerprint density at radius 3 is 1.69 bits per heavy atom. The Morgan fingerprint density at radius 1 is 0.692 bits per heavy atom. The summed E-state index contributed by atoms with van der Waals surface area (Å²) in [7, 11) is -3.18. The van der Waals surface area contributed by atoms with Crippen molar-refractivity contribution in [2.75, 3.05) is 59.8 Å². The number of nitrogens with one attached hydrogen (secondary N) is 5. The maximum absolute atomic E-state index is 13.6. The number of benzene rings is 2. The number of rotatable bonds is 10. The third kappa shape index (κ3) is 11.5. The molecule has 2 aliphatic rings. The van der Waals surface area contributed by atoms with Gasteiger partial charge >= 0.3 is 5.97 Å². The molecule has 6 N–H and O–H groups in total. The Kier molecular flexibility index (Phi) is 15.0. The van der Waals surface area contributed by atoms with Gasteiger partial charge in [0, 0.05) is 55.3 Å². The first-order valence-electron chi connectivity index (χ1n) is 21.3. The summed E-state index contributed by atoms with van der Waals surface area (Å²) in [6, 6.07) is 16.7. The number of hydrogen-bond acceptors (Lipinski definition) is 13. The first-order valence-corrected chi connectivity index (χ1v) is 25.1. The molecule has 8 rings (SSSR count). The fourth-order valence-corrected chi connectivity index (χ4v) is 9.17. The summed E-state index contributed by atoms with van der Waals surface area (Å²) in [5.74, 6) is 0.518. The van der Waals surface area contributed by atoms with E-state index in [1.165, 1.54) is 31.0 Å². The number of carboxylic acids is 1. The maximum atomic E-state index is 13.6. The zero-order chi connectivity index (χ0) is 47.2. The van der Waals surface area contributed by atoms with E-state index in [4.69, 9.17) is 15.3 Å². The Bertz CT molecular complexity index is 2930. The van der Waals surface area contributed by atoms with Gasteiger partial charge in [-0.15, -0.1) is 0 Å². The van der Waals surface area contributed by atoms with Crippen LogP contribution >= 0.6 is 0 Å². The number of aryl methyl sites for hydroxylation is 2. The highest BCUT2D eigenvalue weighted by molar-refractivity contribution is 7.92. The van der Waals surface area contributed by atoms with Gasteiger partial charge < -0.3 is 26.0 Å². The monoisotopic (exact) mass is 930 g/mol. The molecule has 0 bridgehead atoms. The topological polar surface area (TPSA) is 246 Å². The van der Waals surface area contributed by atoms with E-state index in [-0.39, 0.29) is 28.9 Å². The second-order valence-corrected chi connectivity index (χ2v) is 19.7. The van der Waals surface area contributed by atoms with Crippen molar-refractivity contribution in [3.05, 3.63) is 106 Å². The second kappa shape index (κ2) is 20.2. The maximum Gasteiger partial charge on any atom is 0.337 e. The lowest BCUT2D eigenvalue weighted by molar-refractivity contribution is 0.0606. The third-order valence-electron chi connectivity index (χ3n) is 11.4. The number of amides is 1. The molecule has 2 aromatic carbocycles. The minimum absolute atomic E-state index is 0.0714. The summed E-state index contributed by atoms with van der Waals surface area (Å²) in [4.78, 5) is 35.3. The summed E-state index contributed by atoms with van der Waals surface area (Å²) in [6.45, 7) is 9.75. The SMILES string of the molecule is CNc1c(C)c(C)nc2cc([C@@H]3CCCCN3)nn12.CNc1c(C)c(C)nc2cc([C@@H]3CCCCN3C(=O)c3ccccc3NS(C)(=O)=O)nn12.CS(=O)(=O)Nc1ccccc1C(=O)O. The molecule has 6 aromatic rings. The van der Waals surface area contributed by atoms with Crippen molar-refractivity contribution >= 4 is 66.2 Å². The average Bonchev–Trinajstić information content (AvgIpc) is 3.89. The van der Waals surface area contributed by atoms with Gasteiger partial charge in [-0.1, -0.05) is 30.7 Å². The van der Waals surface area contributed by atoms with Crippen LogP contribution in [-0.2, 0) is 20.0 Å². The van der Waals surface area contributed by atoms with E-state index in [0.29, 0.717) is 18.2 Å². The van der Waals surface area contributed by atoms with Crippen LogP contribution in [0.2, 0.25) is 0 Å². The molecule has 2 fully saturated rings. The number of fused-ring (bicyclic) bond motifs is 2. The lowest BCUT2D eigenvalue weighted by atomic mass is 9.98. The molecule has 0 radical (unpaired) electrons. The number of para-hydroxylation sites is 2. The minimum atomic E-state index is -3.51. The number of carboxylic acid groups (broad SMARTS) is 1. The number of aromatic carboxylic acids is 1. The summed E-state index contributed by atoms with van der Waals surface area (Å²) in [6.07, 6.45) is 8.39. The summed E-state index contributed by atoms with van der Waals surface area (Å²) in [5.41, 5.74) is 8.30. The Balaban J connectivity index is 0.000000179. The Hall–Kier alpha value is -6.32. The third-order valence-corrected chi connectivity index (χ3v) is 12.5. The van der Waals surface area contributed by atoms with Crippen molar-refractivity contribution in [1.29, 1.82) is 0 Å². The molecule has 19 nitrogen and oxygen atoms in total. The highest BCUT2D eigenvalue weighted by Gasteiger charge is 2.32. The number of anilines is 4. The van der Waals surface area contributed by atoms with E-state index in [2.05, 4.69) is 48.4 Å². The van der Waals surface area contributed by atoms with E-state index in [1.54, 1.807) is 39.7 Å². The molecule has 348 valence electrons. The van der Waals surface area contributed by atoms with Crippen LogP contribution in [0.4, 0.5) is 23.0 Å². The zero-order valence-corrected chi connectivity index (χ0v) is 39.6. The standard InChI is InChI=1S/C22H28N6O3S.C14H21N5.C8H9NO4S/c1-14-15(2)24-20-13-18(25-28(20)21(14)23-3)19-11-7-8-12-27(19)22(29)16-9-5-6-10-17(16)26-32(4,30)31;1-9-10(2)17-13-8-12(11-6-4-5-7-16-11)18-19(13)14(9)15-3;1-14(12,13)9-7-5-3-2-4-6(7)8(10)11/h5-6,9-10,13,19,23,26H,7-8,11-12H2,1-4H3;8,11,15-16H,4-7H2,1-3H3;2-5,9H,1H3,(H,10,11)/t19-;11-;/m00./s1. The van der Waals surface area contributed by atoms with Crippen molar-refractivity contribution < 1.29 is 31.5 Å².